The van der Waals surface area contributed by atoms with Crippen LogP contribution in [-0.4, -0.2) is 54.7 Å². The van der Waals surface area contributed by atoms with Gasteiger partial charge in [-0.05, 0) is 44.0 Å². The molecule has 0 saturated heterocycles. The second kappa shape index (κ2) is 12.6. The molecule has 6 nitrogen and oxygen atoms in total. The number of aliphatic hydroxyl groups is 1. The van der Waals surface area contributed by atoms with Gasteiger partial charge in [-0.3, -0.25) is 4.79 Å². The molecule has 0 spiro atoms. The minimum atomic E-state index is 0.000397. The topological polar surface area (TPSA) is 77.0 Å². The Morgan fingerprint density at radius 1 is 1.00 bits per heavy atom. The lowest BCUT2D eigenvalue weighted by Crippen LogP contribution is -2.39. The summed E-state index contributed by atoms with van der Waals surface area (Å²) >= 11 is 0. The van der Waals surface area contributed by atoms with Gasteiger partial charge in [0.15, 0.2) is 5.96 Å². The van der Waals surface area contributed by atoms with E-state index in [1.807, 2.05) is 80.3 Å². The van der Waals surface area contributed by atoms with E-state index in [-0.39, 0.29) is 18.4 Å². The van der Waals surface area contributed by atoms with Crippen LogP contribution in [0, 0.1) is 0 Å². The highest BCUT2D eigenvalue weighted by molar-refractivity contribution is 5.94. The quantitative estimate of drug-likeness (QED) is 0.416. The Hall–Kier alpha value is -2.86. The van der Waals surface area contributed by atoms with E-state index in [0.717, 1.165) is 17.7 Å². The van der Waals surface area contributed by atoms with E-state index in [1.54, 1.807) is 0 Å². The molecule has 0 heterocycles. The fraction of sp³-hybridized carbons (Fsp3) is 0.417. The third kappa shape index (κ3) is 6.88. The number of aliphatic hydroxyl groups excluding tert-OH is 1. The molecule has 0 aliphatic heterocycles. The summed E-state index contributed by atoms with van der Waals surface area (Å²) in [6, 6.07) is 17.6. The number of carbonyl (C=O) groups is 1. The van der Waals surface area contributed by atoms with Crippen molar-refractivity contribution >= 4 is 11.9 Å². The monoisotopic (exact) mass is 410 g/mol. The van der Waals surface area contributed by atoms with Gasteiger partial charge in [0.1, 0.15) is 0 Å². The molecule has 0 aromatic heterocycles. The van der Waals surface area contributed by atoms with Gasteiger partial charge in [-0.15, -0.1) is 0 Å². The maximum Gasteiger partial charge on any atom is 0.253 e. The van der Waals surface area contributed by atoms with Crippen molar-refractivity contribution in [2.75, 3.05) is 32.8 Å². The second-order valence-corrected chi connectivity index (χ2v) is 7.04. The zero-order valence-corrected chi connectivity index (χ0v) is 18.3. The Balaban J connectivity index is 1.99. The summed E-state index contributed by atoms with van der Waals surface area (Å²) < 4.78 is 0. The Morgan fingerprint density at radius 3 is 2.23 bits per heavy atom. The van der Waals surface area contributed by atoms with Crippen LogP contribution in [0.25, 0.3) is 0 Å². The molecule has 30 heavy (non-hydrogen) atoms. The number of nitrogens with zero attached hydrogens (tertiary/aromatic N) is 2. The predicted octanol–water partition coefficient (Wildman–Crippen LogP) is 3.00. The van der Waals surface area contributed by atoms with E-state index in [1.165, 1.54) is 0 Å². The third-order valence-electron chi connectivity index (χ3n) is 5.02. The highest BCUT2D eigenvalue weighted by Crippen LogP contribution is 2.13. The molecule has 0 saturated carbocycles. The summed E-state index contributed by atoms with van der Waals surface area (Å²) in [5.41, 5.74) is 2.83. The first-order valence-corrected chi connectivity index (χ1v) is 10.7. The minimum absolute atomic E-state index is 0.000397. The summed E-state index contributed by atoms with van der Waals surface area (Å²) in [5, 5.41) is 16.3. The average Bonchev–Trinajstić information content (AvgIpc) is 2.79. The van der Waals surface area contributed by atoms with E-state index in [4.69, 9.17) is 0 Å². The lowest BCUT2D eigenvalue weighted by Gasteiger charge is -2.19. The summed E-state index contributed by atoms with van der Waals surface area (Å²) in [4.78, 5) is 18.9. The average molecular weight is 411 g/mol. The molecule has 3 N–H and O–H groups in total. The predicted molar refractivity (Wildman–Crippen MR) is 123 cm³/mol. The lowest BCUT2D eigenvalue weighted by atomic mass is 10.0. The molecule has 1 atom stereocenters. The molecule has 0 bridgehead atoms. The highest BCUT2D eigenvalue weighted by atomic mass is 16.3. The van der Waals surface area contributed by atoms with Gasteiger partial charge < -0.3 is 20.6 Å². The van der Waals surface area contributed by atoms with Crippen molar-refractivity contribution in [2.24, 2.45) is 4.99 Å². The number of rotatable bonds is 10. The van der Waals surface area contributed by atoms with E-state index in [0.29, 0.717) is 37.7 Å². The third-order valence-corrected chi connectivity index (χ3v) is 5.02. The van der Waals surface area contributed by atoms with E-state index < -0.39 is 0 Å². The number of aliphatic imine (C=N–C) groups is 1. The molecule has 0 fully saturated rings. The molecule has 0 aliphatic carbocycles. The van der Waals surface area contributed by atoms with Crippen LogP contribution in [0.5, 0.6) is 0 Å². The number of hydrogen-bond acceptors (Lipinski definition) is 3. The summed E-state index contributed by atoms with van der Waals surface area (Å²) in [6.45, 7) is 9.31. The molecule has 2 aromatic rings. The number of guanidine groups is 1. The number of amides is 1. The first kappa shape index (κ1) is 23.4. The first-order valence-electron chi connectivity index (χ1n) is 10.7. The van der Waals surface area contributed by atoms with Crippen molar-refractivity contribution in [3.05, 3.63) is 71.3 Å². The summed E-state index contributed by atoms with van der Waals surface area (Å²) in [5.74, 6) is 0.761. The van der Waals surface area contributed by atoms with Gasteiger partial charge in [-0.1, -0.05) is 42.5 Å². The van der Waals surface area contributed by atoms with Gasteiger partial charge >= 0.3 is 0 Å². The van der Waals surface area contributed by atoms with Crippen LogP contribution < -0.4 is 10.6 Å². The minimum Gasteiger partial charge on any atom is -0.396 e. The Morgan fingerprint density at radius 2 is 1.67 bits per heavy atom. The smallest absolute Gasteiger partial charge is 0.253 e. The number of nitrogens with one attached hydrogen (secondary N) is 2. The first-order chi connectivity index (χ1) is 14.6. The standard InChI is InChI=1S/C24H34N4O2/c1-4-25-24(27-17-22(18-29)20-10-8-7-9-11-20)26-16-19-12-14-21(15-13-19)23(30)28(5-2)6-3/h7-15,22,29H,4-6,16-18H2,1-3H3,(H2,25,26,27). The highest BCUT2D eigenvalue weighted by Gasteiger charge is 2.12. The Labute approximate surface area is 180 Å². The number of hydrogen-bond donors (Lipinski definition) is 3. The molecule has 6 heteroatoms. The van der Waals surface area contributed by atoms with E-state index in [2.05, 4.69) is 15.6 Å². The van der Waals surface area contributed by atoms with Gasteiger partial charge in [0.2, 0.25) is 0 Å². The van der Waals surface area contributed by atoms with Crippen LogP contribution in [0.2, 0.25) is 0 Å². The maximum atomic E-state index is 12.4. The summed E-state index contributed by atoms with van der Waals surface area (Å²) in [7, 11) is 0. The number of benzene rings is 2. The second-order valence-electron chi connectivity index (χ2n) is 7.04. The SMILES string of the molecule is CCNC(=NCc1ccc(C(=O)N(CC)CC)cc1)NCC(CO)c1ccccc1. The lowest BCUT2D eigenvalue weighted by molar-refractivity contribution is 0.0773. The van der Waals surface area contributed by atoms with Gasteiger partial charge in [-0.25, -0.2) is 4.99 Å². The normalized spacial score (nSPS) is 12.3. The van der Waals surface area contributed by atoms with Gasteiger partial charge in [0.05, 0.1) is 13.2 Å². The van der Waals surface area contributed by atoms with Crippen molar-refractivity contribution in [2.45, 2.75) is 33.2 Å². The van der Waals surface area contributed by atoms with Crippen molar-refractivity contribution in [3.63, 3.8) is 0 Å². The van der Waals surface area contributed by atoms with Crippen LogP contribution >= 0.6 is 0 Å². The Bertz CT molecular complexity index is 787. The fourth-order valence-corrected chi connectivity index (χ4v) is 3.19. The van der Waals surface area contributed by atoms with Crippen molar-refractivity contribution in [1.29, 1.82) is 0 Å². The van der Waals surface area contributed by atoms with Crippen LogP contribution in [0.4, 0.5) is 0 Å². The van der Waals surface area contributed by atoms with Gasteiger partial charge in [0, 0.05) is 37.7 Å². The van der Waals surface area contributed by atoms with Crippen molar-refractivity contribution in [1.82, 2.24) is 15.5 Å². The Kier molecular flexibility index (Phi) is 9.87. The van der Waals surface area contributed by atoms with Crippen LogP contribution in [0.15, 0.2) is 59.6 Å². The molecule has 0 radical (unpaired) electrons. The van der Waals surface area contributed by atoms with Gasteiger partial charge in [-0.2, -0.15) is 0 Å². The zero-order chi connectivity index (χ0) is 21.8. The molecule has 1 unspecified atom stereocenters. The largest absolute Gasteiger partial charge is 0.396 e. The summed E-state index contributed by atoms with van der Waals surface area (Å²) in [6.07, 6.45) is 0. The van der Waals surface area contributed by atoms with Crippen LogP contribution in [0.3, 0.4) is 0 Å². The van der Waals surface area contributed by atoms with Crippen molar-refractivity contribution < 1.29 is 9.90 Å². The fourth-order valence-electron chi connectivity index (χ4n) is 3.19. The number of carbonyl (C=O) groups excluding carboxylic acids is 1. The molecular formula is C24H34N4O2. The molecule has 1 amide bonds. The van der Waals surface area contributed by atoms with Gasteiger partial charge in [0.25, 0.3) is 5.91 Å². The van der Waals surface area contributed by atoms with Crippen LogP contribution in [0.1, 0.15) is 48.2 Å². The van der Waals surface area contributed by atoms with Crippen LogP contribution in [-0.2, 0) is 6.54 Å². The molecule has 2 aromatic carbocycles. The molecule has 162 valence electrons. The van der Waals surface area contributed by atoms with E-state index >= 15 is 0 Å². The molecular weight excluding hydrogens is 376 g/mol. The molecule has 0 aliphatic rings. The maximum absolute atomic E-state index is 12.4. The van der Waals surface area contributed by atoms with Crippen molar-refractivity contribution in [3.8, 4) is 0 Å². The van der Waals surface area contributed by atoms with E-state index in [9.17, 15) is 9.90 Å². The zero-order valence-electron chi connectivity index (χ0n) is 18.3. The molecule has 2 rings (SSSR count).